The van der Waals surface area contributed by atoms with Gasteiger partial charge in [-0.05, 0) is 31.4 Å². The summed E-state index contributed by atoms with van der Waals surface area (Å²) in [5, 5.41) is 8.19. The number of hydrogen-bond acceptors (Lipinski definition) is 5. The van der Waals surface area contributed by atoms with Crippen LogP contribution in [0.2, 0.25) is 0 Å². The van der Waals surface area contributed by atoms with E-state index >= 15 is 0 Å². The van der Waals surface area contributed by atoms with Gasteiger partial charge < -0.3 is 4.57 Å². The largest absolute Gasteiger partial charge is 0.316 e. The smallest absolute Gasteiger partial charge is 0.245 e. The highest BCUT2D eigenvalue weighted by atomic mass is 32.2. The molecule has 3 rings (SSSR count). The van der Waals surface area contributed by atoms with Gasteiger partial charge in [-0.1, -0.05) is 13.3 Å². The number of aromatic nitrogens is 4. The standard InChI is InChI=1S/C15H21N5O2S/c1-2-9-19-12-17-18-15(19)14-7-3-4-10-20(14)23(21,22)13-6-5-8-16-11-13/h5-6,8,11-12,14H,2-4,7,9-10H2,1H3. The highest BCUT2D eigenvalue weighted by Gasteiger charge is 2.36. The molecule has 0 radical (unpaired) electrons. The lowest BCUT2D eigenvalue weighted by Gasteiger charge is -2.34. The van der Waals surface area contributed by atoms with E-state index in [1.807, 2.05) is 4.57 Å². The van der Waals surface area contributed by atoms with Crippen molar-refractivity contribution in [3.63, 3.8) is 0 Å². The normalized spacial score (nSPS) is 19.8. The summed E-state index contributed by atoms with van der Waals surface area (Å²) in [5.41, 5.74) is 0. The minimum atomic E-state index is -3.58. The molecule has 23 heavy (non-hydrogen) atoms. The van der Waals surface area contributed by atoms with Crippen molar-refractivity contribution in [2.75, 3.05) is 6.54 Å². The zero-order chi connectivity index (χ0) is 16.3. The maximum absolute atomic E-state index is 13.0. The van der Waals surface area contributed by atoms with Gasteiger partial charge in [0.25, 0.3) is 0 Å². The monoisotopic (exact) mass is 335 g/mol. The lowest BCUT2D eigenvalue weighted by atomic mass is 10.0. The van der Waals surface area contributed by atoms with Gasteiger partial charge >= 0.3 is 0 Å². The van der Waals surface area contributed by atoms with E-state index in [1.165, 1.54) is 6.20 Å². The van der Waals surface area contributed by atoms with Gasteiger partial charge in [0.05, 0.1) is 6.04 Å². The van der Waals surface area contributed by atoms with Gasteiger partial charge in [-0.15, -0.1) is 10.2 Å². The summed E-state index contributed by atoms with van der Waals surface area (Å²) in [6.07, 6.45) is 8.22. The van der Waals surface area contributed by atoms with Crippen molar-refractivity contribution in [1.82, 2.24) is 24.1 Å². The molecule has 8 heteroatoms. The summed E-state index contributed by atoms with van der Waals surface area (Å²) in [6, 6.07) is 2.97. The molecule has 1 fully saturated rings. The van der Waals surface area contributed by atoms with Crippen LogP contribution >= 0.6 is 0 Å². The topological polar surface area (TPSA) is 81.0 Å². The Labute approximate surface area is 136 Å². The van der Waals surface area contributed by atoms with Gasteiger partial charge in [0, 0.05) is 25.5 Å². The second-order valence-electron chi connectivity index (χ2n) is 5.70. The highest BCUT2D eigenvalue weighted by molar-refractivity contribution is 7.89. The molecule has 0 aromatic carbocycles. The summed E-state index contributed by atoms with van der Waals surface area (Å²) in [6.45, 7) is 3.37. The Morgan fingerprint density at radius 2 is 2.22 bits per heavy atom. The molecule has 1 aliphatic heterocycles. The van der Waals surface area contributed by atoms with Gasteiger partial charge in [0.2, 0.25) is 10.0 Å². The highest BCUT2D eigenvalue weighted by Crippen LogP contribution is 2.34. The molecule has 2 aromatic rings. The zero-order valence-corrected chi connectivity index (χ0v) is 14.0. The van der Waals surface area contributed by atoms with Crippen LogP contribution < -0.4 is 0 Å². The van der Waals surface area contributed by atoms with Crippen molar-refractivity contribution in [3.8, 4) is 0 Å². The molecular weight excluding hydrogens is 314 g/mol. The summed E-state index contributed by atoms with van der Waals surface area (Å²) >= 11 is 0. The molecule has 0 bridgehead atoms. The summed E-state index contributed by atoms with van der Waals surface area (Å²) < 4.78 is 29.5. The maximum Gasteiger partial charge on any atom is 0.245 e. The number of aryl methyl sites for hydroxylation is 1. The third-order valence-corrected chi connectivity index (χ3v) is 5.99. The molecule has 1 atom stereocenters. The Bertz CT molecular complexity index is 744. The molecule has 0 N–H and O–H groups in total. The number of piperidine rings is 1. The first-order valence-electron chi connectivity index (χ1n) is 7.94. The third kappa shape index (κ3) is 3.13. The quantitative estimate of drug-likeness (QED) is 0.835. The Balaban J connectivity index is 1.97. The molecule has 1 unspecified atom stereocenters. The van der Waals surface area contributed by atoms with Crippen molar-refractivity contribution < 1.29 is 8.42 Å². The van der Waals surface area contributed by atoms with Gasteiger partial charge in [-0.25, -0.2) is 8.42 Å². The van der Waals surface area contributed by atoms with Gasteiger partial charge in [0.1, 0.15) is 11.2 Å². The fraction of sp³-hybridized carbons (Fsp3) is 0.533. The van der Waals surface area contributed by atoms with Gasteiger partial charge in [-0.3, -0.25) is 4.98 Å². The minimum absolute atomic E-state index is 0.230. The van der Waals surface area contributed by atoms with Crippen LogP contribution in [0.15, 0.2) is 35.7 Å². The zero-order valence-electron chi connectivity index (χ0n) is 13.2. The molecule has 1 saturated heterocycles. The predicted molar refractivity (Wildman–Crippen MR) is 85.0 cm³/mol. The van der Waals surface area contributed by atoms with E-state index in [0.717, 1.165) is 38.1 Å². The number of pyridine rings is 1. The van der Waals surface area contributed by atoms with Gasteiger partial charge in [-0.2, -0.15) is 4.31 Å². The lowest BCUT2D eigenvalue weighted by Crippen LogP contribution is -2.39. The molecule has 0 amide bonds. The van der Waals surface area contributed by atoms with E-state index in [4.69, 9.17) is 0 Å². The van der Waals surface area contributed by atoms with Crippen LogP contribution in [0.25, 0.3) is 0 Å². The Hall–Kier alpha value is -1.80. The first-order valence-corrected chi connectivity index (χ1v) is 9.38. The number of nitrogens with zero attached hydrogens (tertiary/aromatic N) is 5. The molecule has 0 aliphatic carbocycles. The first-order chi connectivity index (χ1) is 11.1. The summed E-state index contributed by atoms with van der Waals surface area (Å²) in [7, 11) is -3.58. The third-order valence-electron chi connectivity index (χ3n) is 4.10. The summed E-state index contributed by atoms with van der Waals surface area (Å²) in [5.74, 6) is 0.735. The van der Waals surface area contributed by atoms with E-state index in [2.05, 4.69) is 22.1 Å². The minimum Gasteiger partial charge on any atom is -0.316 e. The Morgan fingerprint density at radius 1 is 1.35 bits per heavy atom. The lowest BCUT2D eigenvalue weighted by molar-refractivity contribution is 0.240. The molecule has 3 heterocycles. The van der Waals surface area contributed by atoms with E-state index in [0.29, 0.717) is 6.54 Å². The molecule has 1 aliphatic rings. The molecular formula is C15H21N5O2S. The Kier molecular flexibility index (Phi) is 4.72. The van der Waals surface area contributed by atoms with Crippen LogP contribution in [0.4, 0.5) is 0 Å². The maximum atomic E-state index is 13.0. The molecule has 2 aromatic heterocycles. The fourth-order valence-corrected chi connectivity index (χ4v) is 4.64. The van der Waals surface area contributed by atoms with E-state index in [-0.39, 0.29) is 10.9 Å². The van der Waals surface area contributed by atoms with E-state index in [1.54, 1.807) is 29.0 Å². The second kappa shape index (κ2) is 6.76. The van der Waals surface area contributed by atoms with Crippen molar-refractivity contribution in [2.45, 2.75) is 50.1 Å². The first kappa shape index (κ1) is 16.1. The van der Waals surface area contributed by atoms with Crippen molar-refractivity contribution in [3.05, 3.63) is 36.7 Å². The van der Waals surface area contributed by atoms with Crippen LogP contribution in [0.1, 0.15) is 44.5 Å². The van der Waals surface area contributed by atoms with Crippen LogP contribution in [0, 0.1) is 0 Å². The molecule has 0 saturated carbocycles. The SMILES string of the molecule is CCCn1cnnc1C1CCCCN1S(=O)(=O)c1cccnc1. The fourth-order valence-electron chi connectivity index (χ4n) is 3.02. The van der Waals surface area contributed by atoms with Crippen LogP contribution in [0.5, 0.6) is 0 Å². The average Bonchev–Trinajstić information content (AvgIpc) is 3.04. The summed E-state index contributed by atoms with van der Waals surface area (Å²) in [4.78, 5) is 4.17. The predicted octanol–water partition coefficient (Wildman–Crippen LogP) is 2.00. The van der Waals surface area contributed by atoms with Crippen molar-refractivity contribution >= 4 is 10.0 Å². The second-order valence-corrected chi connectivity index (χ2v) is 7.59. The number of hydrogen-bond donors (Lipinski definition) is 0. The van der Waals surface area contributed by atoms with Crippen LogP contribution in [0.3, 0.4) is 0 Å². The van der Waals surface area contributed by atoms with Crippen molar-refractivity contribution in [1.29, 1.82) is 0 Å². The molecule has 7 nitrogen and oxygen atoms in total. The molecule has 124 valence electrons. The van der Waals surface area contributed by atoms with E-state index < -0.39 is 10.0 Å². The number of rotatable bonds is 5. The van der Waals surface area contributed by atoms with Gasteiger partial charge in [0.15, 0.2) is 5.82 Å². The molecule has 0 spiro atoms. The van der Waals surface area contributed by atoms with E-state index in [9.17, 15) is 8.42 Å². The Morgan fingerprint density at radius 3 is 2.96 bits per heavy atom. The van der Waals surface area contributed by atoms with Crippen molar-refractivity contribution in [2.24, 2.45) is 0 Å². The number of sulfonamides is 1. The average molecular weight is 335 g/mol. The van der Waals surface area contributed by atoms with Crippen LogP contribution in [-0.2, 0) is 16.6 Å². The van der Waals surface area contributed by atoms with Crippen LogP contribution in [-0.4, -0.2) is 39.0 Å².